The highest BCUT2D eigenvalue weighted by Crippen LogP contribution is 2.30. The van der Waals surface area contributed by atoms with Crippen molar-refractivity contribution in [2.75, 3.05) is 0 Å². The molecule has 4 rings (SSSR count). The summed E-state index contributed by atoms with van der Waals surface area (Å²) in [6, 6.07) is 11.7. The lowest BCUT2D eigenvalue weighted by molar-refractivity contribution is 0.476. The molecule has 2 N–H and O–H groups in total. The number of rotatable bonds is 1. The smallest absolute Gasteiger partial charge is 0.137 e. The van der Waals surface area contributed by atoms with Crippen LogP contribution in [0.5, 0.6) is 5.75 Å². The van der Waals surface area contributed by atoms with Crippen LogP contribution in [0.3, 0.4) is 0 Å². The first-order chi connectivity index (χ1) is 10.1. The summed E-state index contributed by atoms with van der Waals surface area (Å²) in [5.41, 5.74) is 5.23. The van der Waals surface area contributed by atoms with Crippen LogP contribution in [0.1, 0.15) is 5.56 Å². The van der Waals surface area contributed by atoms with Crippen LogP contribution in [0.15, 0.2) is 42.6 Å². The third kappa shape index (κ3) is 1.80. The zero-order valence-electron chi connectivity index (χ0n) is 11.9. The minimum absolute atomic E-state index is 0.286. The van der Waals surface area contributed by atoms with Crippen molar-refractivity contribution < 1.29 is 5.11 Å². The normalized spacial score (nSPS) is 11.5. The van der Waals surface area contributed by atoms with Crippen LogP contribution in [0, 0.1) is 6.92 Å². The van der Waals surface area contributed by atoms with E-state index in [0.717, 1.165) is 38.9 Å². The molecule has 0 atom stereocenters. The van der Waals surface area contributed by atoms with Crippen molar-refractivity contribution in [2.24, 2.45) is 7.05 Å². The molecule has 0 aliphatic rings. The first kappa shape index (κ1) is 12.0. The number of aromatic amines is 1. The molecular formula is C17H15N3O. The molecule has 4 nitrogen and oxygen atoms in total. The molecule has 104 valence electrons. The molecule has 0 radical (unpaired) electrons. The molecule has 0 bridgehead atoms. The van der Waals surface area contributed by atoms with Gasteiger partial charge < -0.3 is 14.7 Å². The number of phenols is 1. The molecule has 0 aliphatic carbocycles. The monoisotopic (exact) mass is 277 g/mol. The molecule has 0 unspecified atom stereocenters. The number of nitrogens with zero attached hydrogens (tertiary/aromatic N) is 2. The Kier molecular flexibility index (Phi) is 2.36. The van der Waals surface area contributed by atoms with Crippen LogP contribution < -0.4 is 0 Å². The molecule has 3 aromatic heterocycles. The molecule has 0 spiro atoms. The van der Waals surface area contributed by atoms with Gasteiger partial charge in [-0.1, -0.05) is 0 Å². The molecular weight excluding hydrogens is 262 g/mol. The summed E-state index contributed by atoms with van der Waals surface area (Å²) >= 11 is 0. The summed E-state index contributed by atoms with van der Waals surface area (Å²) in [4.78, 5) is 7.78. The van der Waals surface area contributed by atoms with Gasteiger partial charge in [0, 0.05) is 29.5 Å². The van der Waals surface area contributed by atoms with E-state index < -0.39 is 0 Å². The van der Waals surface area contributed by atoms with Gasteiger partial charge in [0.25, 0.3) is 0 Å². The van der Waals surface area contributed by atoms with E-state index in [-0.39, 0.29) is 5.75 Å². The molecule has 4 aromatic rings. The van der Waals surface area contributed by atoms with Gasteiger partial charge in [0.05, 0.1) is 11.4 Å². The van der Waals surface area contributed by atoms with E-state index in [1.807, 2.05) is 26.2 Å². The number of benzene rings is 1. The second kappa shape index (κ2) is 4.12. The fraction of sp³-hybridized carbons (Fsp3) is 0.118. The molecule has 0 fully saturated rings. The highest BCUT2D eigenvalue weighted by atomic mass is 16.3. The predicted octanol–water partition coefficient (Wildman–Crippen LogP) is 3.74. The van der Waals surface area contributed by atoms with Gasteiger partial charge in [-0.05, 0) is 48.9 Å². The summed E-state index contributed by atoms with van der Waals surface area (Å²) in [5.74, 6) is 0.286. The third-order valence-corrected chi connectivity index (χ3v) is 3.91. The Morgan fingerprint density at radius 2 is 1.95 bits per heavy atom. The number of hydrogen-bond donors (Lipinski definition) is 2. The summed E-state index contributed by atoms with van der Waals surface area (Å²) in [6.07, 6.45) is 1.86. The van der Waals surface area contributed by atoms with Gasteiger partial charge in [0.1, 0.15) is 11.4 Å². The van der Waals surface area contributed by atoms with Gasteiger partial charge in [-0.25, -0.2) is 4.98 Å². The largest absolute Gasteiger partial charge is 0.508 e. The van der Waals surface area contributed by atoms with E-state index in [9.17, 15) is 5.11 Å². The van der Waals surface area contributed by atoms with Gasteiger partial charge in [0.2, 0.25) is 0 Å². The summed E-state index contributed by atoms with van der Waals surface area (Å²) in [5, 5.41) is 11.8. The van der Waals surface area contributed by atoms with Crippen LogP contribution in [0.25, 0.3) is 33.3 Å². The minimum atomic E-state index is 0.286. The molecule has 0 saturated carbocycles. The van der Waals surface area contributed by atoms with E-state index in [4.69, 9.17) is 0 Å². The number of nitrogens with one attached hydrogen (secondary N) is 1. The first-order valence-corrected chi connectivity index (χ1v) is 6.86. The quantitative estimate of drug-likeness (QED) is 0.557. The van der Waals surface area contributed by atoms with Crippen molar-refractivity contribution >= 4 is 21.9 Å². The average Bonchev–Trinajstić information content (AvgIpc) is 2.99. The molecule has 21 heavy (non-hydrogen) atoms. The maximum Gasteiger partial charge on any atom is 0.137 e. The summed E-state index contributed by atoms with van der Waals surface area (Å²) < 4.78 is 2.12. The van der Waals surface area contributed by atoms with Gasteiger partial charge in [0.15, 0.2) is 0 Å². The average molecular weight is 277 g/mol. The fourth-order valence-electron chi connectivity index (χ4n) is 2.86. The third-order valence-electron chi connectivity index (χ3n) is 3.91. The minimum Gasteiger partial charge on any atom is -0.508 e. The van der Waals surface area contributed by atoms with Gasteiger partial charge in [-0.3, -0.25) is 0 Å². The van der Waals surface area contributed by atoms with E-state index in [1.165, 1.54) is 0 Å². The number of aromatic nitrogens is 3. The Morgan fingerprint density at radius 3 is 2.81 bits per heavy atom. The van der Waals surface area contributed by atoms with Crippen molar-refractivity contribution in [1.82, 2.24) is 14.5 Å². The lowest BCUT2D eigenvalue weighted by Crippen LogP contribution is -1.90. The maximum atomic E-state index is 9.62. The summed E-state index contributed by atoms with van der Waals surface area (Å²) in [7, 11) is 2.03. The summed E-state index contributed by atoms with van der Waals surface area (Å²) in [6.45, 7) is 2.04. The van der Waals surface area contributed by atoms with E-state index >= 15 is 0 Å². The Morgan fingerprint density at radius 1 is 1.10 bits per heavy atom. The zero-order chi connectivity index (χ0) is 14.6. The Hall–Kier alpha value is -2.75. The number of aromatic hydroxyl groups is 1. The van der Waals surface area contributed by atoms with Crippen LogP contribution in [0.4, 0.5) is 0 Å². The van der Waals surface area contributed by atoms with Crippen molar-refractivity contribution in [1.29, 1.82) is 0 Å². The first-order valence-electron chi connectivity index (χ1n) is 6.86. The topological polar surface area (TPSA) is 53.8 Å². The SMILES string of the molecule is Cc1cnc2[nH]c(-c3cc4cc(O)ccc4n3C)cc2c1. The lowest BCUT2D eigenvalue weighted by atomic mass is 10.2. The fourth-order valence-corrected chi connectivity index (χ4v) is 2.86. The van der Waals surface area contributed by atoms with Crippen molar-refractivity contribution in [2.45, 2.75) is 6.92 Å². The molecule has 4 heteroatoms. The predicted molar refractivity (Wildman–Crippen MR) is 84.4 cm³/mol. The van der Waals surface area contributed by atoms with Gasteiger partial charge >= 0.3 is 0 Å². The van der Waals surface area contributed by atoms with Gasteiger partial charge in [-0.2, -0.15) is 0 Å². The molecule has 3 heterocycles. The Balaban J connectivity index is 1.97. The number of aryl methyl sites for hydroxylation is 2. The molecule has 0 amide bonds. The molecule has 1 aromatic carbocycles. The van der Waals surface area contributed by atoms with Crippen molar-refractivity contribution in [3.63, 3.8) is 0 Å². The number of hydrogen-bond acceptors (Lipinski definition) is 2. The van der Waals surface area contributed by atoms with Gasteiger partial charge in [-0.15, -0.1) is 0 Å². The second-order valence-electron chi connectivity index (χ2n) is 5.47. The highest BCUT2D eigenvalue weighted by molar-refractivity contribution is 5.90. The number of pyridine rings is 1. The molecule has 0 aliphatic heterocycles. The zero-order valence-corrected chi connectivity index (χ0v) is 11.9. The molecule has 0 saturated heterocycles. The van der Waals surface area contributed by atoms with Crippen molar-refractivity contribution in [3.05, 3.63) is 48.2 Å². The lowest BCUT2D eigenvalue weighted by Gasteiger charge is -2.01. The Labute approximate surface area is 121 Å². The van der Waals surface area contributed by atoms with Crippen LogP contribution in [-0.4, -0.2) is 19.6 Å². The van der Waals surface area contributed by atoms with E-state index in [1.54, 1.807) is 12.1 Å². The standard InChI is InChI=1S/C17H15N3O/c1-10-5-12-7-14(19-17(12)18-9-10)16-8-11-6-13(21)3-4-15(11)20(16)2/h3-9,21H,1-2H3,(H,18,19). The van der Waals surface area contributed by atoms with E-state index in [2.05, 4.69) is 32.7 Å². The van der Waals surface area contributed by atoms with E-state index in [0.29, 0.717) is 0 Å². The van der Waals surface area contributed by atoms with Crippen LogP contribution in [-0.2, 0) is 7.05 Å². The van der Waals surface area contributed by atoms with Crippen LogP contribution in [0.2, 0.25) is 0 Å². The number of phenolic OH excluding ortho intramolecular Hbond substituents is 1. The maximum absolute atomic E-state index is 9.62. The van der Waals surface area contributed by atoms with Crippen LogP contribution >= 0.6 is 0 Å². The second-order valence-corrected chi connectivity index (χ2v) is 5.47. The highest BCUT2D eigenvalue weighted by Gasteiger charge is 2.11. The van der Waals surface area contributed by atoms with Crippen molar-refractivity contribution in [3.8, 4) is 17.1 Å². The Bertz CT molecular complexity index is 978. The number of fused-ring (bicyclic) bond motifs is 2. The number of H-pyrrole nitrogens is 1.